The largest absolute Gasteiger partial charge is 0.379 e. The maximum atomic E-state index is 13.6. The van der Waals surface area contributed by atoms with Gasteiger partial charge >= 0.3 is 0 Å². The number of nitrogens with one attached hydrogen (secondary N) is 1. The maximum Gasteiger partial charge on any atom is 0.150 e. The molecule has 120 valence electrons. The van der Waals surface area contributed by atoms with Crippen molar-refractivity contribution in [1.29, 1.82) is 0 Å². The van der Waals surface area contributed by atoms with Crippen molar-refractivity contribution in [3.63, 3.8) is 0 Å². The van der Waals surface area contributed by atoms with E-state index in [1.165, 1.54) is 5.56 Å². The summed E-state index contributed by atoms with van der Waals surface area (Å²) in [4.78, 5) is 15.9. The number of Topliss-reactive ketones (excluding diaryl/α,β-unsaturated/α-hetero) is 1. The molecule has 9 atom stereocenters. The molecule has 5 aliphatic heterocycles. The van der Waals surface area contributed by atoms with Gasteiger partial charge < -0.3 is 10.4 Å². The van der Waals surface area contributed by atoms with Crippen LogP contribution in [0, 0.1) is 17.8 Å². The summed E-state index contributed by atoms with van der Waals surface area (Å²) in [5.74, 6) is 1.24. The zero-order chi connectivity index (χ0) is 15.5. The first kappa shape index (κ1) is 13.0. The number of aliphatic hydroxyl groups excluding tert-OH is 1. The molecule has 6 aliphatic rings. The molecule has 1 aliphatic carbocycles. The summed E-state index contributed by atoms with van der Waals surface area (Å²) in [5.41, 5.74) is 2.03. The molecule has 4 saturated heterocycles. The highest BCUT2D eigenvalue weighted by Crippen LogP contribution is 2.66. The molecule has 1 aromatic rings. The molecule has 7 rings (SSSR count). The highest BCUT2D eigenvalue weighted by atomic mass is 16.3. The van der Waals surface area contributed by atoms with Crippen molar-refractivity contribution >= 4 is 11.5 Å². The molecule has 4 heteroatoms. The Morgan fingerprint density at radius 3 is 3.00 bits per heavy atom. The minimum atomic E-state index is -0.362. The van der Waals surface area contributed by atoms with E-state index in [0.717, 1.165) is 24.9 Å². The molecule has 5 heterocycles. The van der Waals surface area contributed by atoms with Crippen molar-refractivity contribution < 1.29 is 9.90 Å². The normalized spacial score (nSPS) is 54.1. The number of carbonyl (C=O) groups is 1. The summed E-state index contributed by atoms with van der Waals surface area (Å²) in [6, 6.07) is 9.07. The minimum Gasteiger partial charge on any atom is -0.379 e. The predicted molar refractivity (Wildman–Crippen MR) is 86.0 cm³/mol. The van der Waals surface area contributed by atoms with Crippen LogP contribution >= 0.6 is 0 Å². The van der Waals surface area contributed by atoms with E-state index in [9.17, 15) is 9.90 Å². The molecular formula is C19H22N2O2. The lowest BCUT2D eigenvalue weighted by Crippen LogP contribution is -2.71. The molecule has 5 bridgehead atoms. The Morgan fingerprint density at radius 1 is 1.35 bits per heavy atom. The molecule has 1 saturated carbocycles. The third-order valence-electron chi connectivity index (χ3n) is 7.77. The quantitative estimate of drug-likeness (QED) is 0.829. The second kappa shape index (κ2) is 3.81. The Morgan fingerprint density at radius 2 is 2.17 bits per heavy atom. The maximum absolute atomic E-state index is 13.6. The topological polar surface area (TPSA) is 52.6 Å². The van der Waals surface area contributed by atoms with E-state index < -0.39 is 0 Å². The van der Waals surface area contributed by atoms with E-state index in [4.69, 9.17) is 0 Å². The van der Waals surface area contributed by atoms with Gasteiger partial charge in [0.05, 0.1) is 11.5 Å². The van der Waals surface area contributed by atoms with Crippen molar-refractivity contribution in [2.75, 3.05) is 5.32 Å². The lowest BCUT2D eigenvalue weighted by molar-refractivity contribution is -0.206. The summed E-state index contributed by atoms with van der Waals surface area (Å²) in [6.45, 7) is 2.15. The van der Waals surface area contributed by atoms with Crippen LogP contribution in [0.25, 0.3) is 0 Å². The Hall–Kier alpha value is -1.39. The van der Waals surface area contributed by atoms with Gasteiger partial charge in [0.15, 0.2) is 5.78 Å². The Kier molecular flexibility index (Phi) is 2.15. The fourth-order valence-electron chi connectivity index (χ4n) is 7.09. The zero-order valence-electron chi connectivity index (χ0n) is 13.3. The van der Waals surface area contributed by atoms with Crippen LogP contribution in [0.15, 0.2) is 24.3 Å². The predicted octanol–water partition coefficient (Wildman–Crippen LogP) is 1.74. The number of nitrogens with zero attached hydrogens (tertiary/aromatic N) is 1. The van der Waals surface area contributed by atoms with Gasteiger partial charge in [-0.15, -0.1) is 0 Å². The fourth-order valence-corrected chi connectivity index (χ4v) is 7.09. The summed E-state index contributed by atoms with van der Waals surface area (Å²) in [5, 5.41) is 14.6. The first-order valence-electron chi connectivity index (χ1n) is 9.04. The smallest absolute Gasteiger partial charge is 0.150 e. The van der Waals surface area contributed by atoms with Crippen molar-refractivity contribution in [3.8, 4) is 0 Å². The first-order valence-corrected chi connectivity index (χ1v) is 9.04. The average Bonchev–Trinajstić information content (AvgIpc) is 3.02. The van der Waals surface area contributed by atoms with Crippen LogP contribution in [0.3, 0.4) is 0 Å². The summed E-state index contributed by atoms with van der Waals surface area (Å²) < 4.78 is 0. The van der Waals surface area contributed by atoms with Crippen molar-refractivity contribution in [1.82, 2.24) is 4.90 Å². The highest BCUT2D eigenvalue weighted by Gasteiger charge is 2.75. The Labute approximate surface area is 135 Å². The van der Waals surface area contributed by atoms with E-state index in [0.29, 0.717) is 17.7 Å². The highest BCUT2D eigenvalue weighted by molar-refractivity contribution is 6.01. The third kappa shape index (κ3) is 1.16. The molecule has 1 spiro atoms. The molecule has 2 N–H and O–H groups in total. The molecule has 1 aromatic carbocycles. The number of carbonyl (C=O) groups excluding carboxylic acids is 1. The van der Waals surface area contributed by atoms with Gasteiger partial charge in [-0.25, -0.2) is 0 Å². The van der Waals surface area contributed by atoms with Crippen LogP contribution in [0.4, 0.5) is 5.69 Å². The van der Waals surface area contributed by atoms with Crippen LogP contribution in [-0.4, -0.2) is 40.1 Å². The summed E-state index contributed by atoms with van der Waals surface area (Å²) in [6.07, 6.45) is 2.56. The third-order valence-corrected chi connectivity index (χ3v) is 7.77. The molecule has 0 radical (unpaired) electrons. The second-order valence-electron chi connectivity index (χ2n) is 8.20. The molecule has 4 nitrogen and oxygen atoms in total. The number of piperidine rings is 4. The summed E-state index contributed by atoms with van der Waals surface area (Å²) >= 11 is 0. The van der Waals surface area contributed by atoms with Crippen LogP contribution in [0.2, 0.25) is 0 Å². The summed E-state index contributed by atoms with van der Waals surface area (Å²) in [7, 11) is 0. The number of ketones is 1. The van der Waals surface area contributed by atoms with E-state index in [2.05, 4.69) is 35.3 Å². The number of para-hydroxylation sites is 1. The number of fused-ring (bicyclic) bond motifs is 2. The van der Waals surface area contributed by atoms with Gasteiger partial charge in [0.1, 0.15) is 6.23 Å². The lowest BCUT2D eigenvalue weighted by Gasteiger charge is -2.61. The lowest BCUT2D eigenvalue weighted by atomic mass is 9.63. The van der Waals surface area contributed by atoms with Crippen LogP contribution < -0.4 is 5.32 Å². The molecule has 5 fully saturated rings. The van der Waals surface area contributed by atoms with E-state index in [1.54, 1.807) is 0 Å². The Balaban J connectivity index is 1.59. The number of benzene rings is 1. The number of anilines is 1. The minimum absolute atomic E-state index is 0.137. The van der Waals surface area contributed by atoms with Gasteiger partial charge in [-0.2, -0.15) is 0 Å². The van der Waals surface area contributed by atoms with Crippen molar-refractivity contribution in [2.24, 2.45) is 17.8 Å². The van der Waals surface area contributed by atoms with Crippen LogP contribution in [0.1, 0.15) is 31.7 Å². The number of rotatable bonds is 1. The van der Waals surface area contributed by atoms with Crippen molar-refractivity contribution in [2.45, 2.75) is 56.0 Å². The monoisotopic (exact) mass is 310 g/mol. The zero-order valence-corrected chi connectivity index (χ0v) is 13.3. The number of aliphatic hydroxyl groups is 1. The van der Waals surface area contributed by atoms with Gasteiger partial charge in [-0.1, -0.05) is 25.1 Å². The molecule has 0 aromatic heterocycles. The van der Waals surface area contributed by atoms with Gasteiger partial charge in [-0.05, 0) is 36.8 Å². The average molecular weight is 310 g/mol. The van der Waals surface area contributed by atoms with Gasteiger partial charge in [0, 0.05) is 29.6 Å². The molecule has 0 amide bonds. The molecule has 23 heavy (non-hydrogen) atoms. The van der Waals surface area contributed by atoms with E-state index in [-0.39, 0.29) is 35.6 Å². The first-order chi connectivity index (χ1) is 11.2. The van der Waals surface area contributed by atoms with Crippen LogP contribution in [0.5, 0.6) is 0 Å². The number of hydrogen-bond donors (Lipinski definition) is 2. The molecular weight excluding hydrogens is 288 g/mol. The molecule has 9 unspecified atom stereocenters. The van der Waals surface area contributed by atoms with Gasteiger partial charge in [0.25, 0.3) is 0 Å². The van der Waals surface area contributed by atoms with Crippen molar-refractivity contribution in [3.05, 3.63) is 29.8 Å². The fraction of sp³-hybridized carbons (Fsp3) is 0.632. The second-order valence-corrected chi connectivity index (χ2v) is 8.20. The van der Waals surface area contributed by atoms with E-state index in [1.807, 2.05) is 6.07 Å². The standard InChI is InChI=1S/C19H22N2O2/c1-2-9-10-7-13-16-19(11-5-3-4-6-12(11)20-16)8-14(15(10)17(19)22)21(13)18(9)23/h3-6,9-10,13-16,18,20,23H,2,7-8H2,1H3. The van der Waals surface area contributed by atoms with E-state index >= 15 is 0 Å². The SMILES string of the molecule is CCC1C2CC3C4Nc5ccccc5C45CC(C2C5=O)N3C1O. The number of hydrogen-bond acceptors (Lipinski definition) is 4. The Bertz CT molecular complexity index is 734. The van der Waals surface area contributed by atoms with Gasteiger partial charge in [0.2, 0.25) is 0 Å². The van der Waals surface area contributed by atoms with Crippen LogP contribution in [-0.2, 0) is 10.2 Å². The van der Waals surface area contributed by atoms with Gasteiger partial charge in [-0.3, -0.25) is 9.69 Å².